The average Bonchev–Trinajstić information content (AvgIpc) is 3.14. The summed E-state index contributed by atoms with van der Waals surface area (Å²) in [5.74, 6) is -1.48. The zero-order chi connectivity index (χ0) is 22.1. The minimum Gasteiger partial charge on any atom is -0.480 e. The number of nitrogen functional groups attached to an aromatic ring is 1. The normalized spacial score (nSPS) is 25.5. The van der Waals surface area contributed by atoms with E-state index in [0.29, 0.717) is 0 Å². The molecule has 2 fully saturated rings. The first-order valence-corrected chi connectivity index (χ1v) is 10.2. The van der Waals surface area contributed by atoms with Crippen LogP contribution >= 0.6 is 23.1 Å². The Morgan fingerprint density at radius 1 is 1.50 bits per heavy atom. The van der Waals surface area contributed by atoms with Crippen LogP contribution in [-0.4, -0.2) is 79.9 Å². The van der Waals surface area contributed by atoms with E-state index >= 15 is 0 Å². The highest BCUT2D eigenvalue weighted by Gasteiger charge is 2.57. The first kappa shape index (κ1) is 21.4. The molecule has 2 amide bonds. The lowest BCUT2D eigenvalue weighted by molar-refractivity contribution is -0.155. The third-order valence-corrected chi connectivity index (χ3v) is 6.58. The number of nitrogens with zero attached hydrogens (tertiary/aromatic N) is 3. The van der Waals surface area contributed by atoms with E-state index < -0.39 is 47.2 Å². The monoisotopic (exact) mass is 453 g/mol. The van der Waals surface area contributed by atoms with Crippen LogP contribution in [0.2, 0.25) is 0 Å². The summed E-state index contributed by atoms with van der Waals surface area (Å²) in [6.07, 6.45) is 5.37. The molecular weight excluding hydrogens is 438 g/mol. The van der Waals surface area contributed by atoms with E-state index in [1.54, 1.807) is 0 Å². The molecule has 2 aliphatic heterocycles. The number of oxime groups is 1. The lowest BCUT2D eigenvalue weighted by atomic mass is 9.88. The molecule has 30 heavy (non-hydrogen) atoms. The summed E-state index contributed by atoms with van der Waals surface area (Å²) in [6.45, 7) is -0.943. The number of hydrogen-bond acceptors (Lipinski definition) is 10. The second kappa shape index (κ2) is 8.20. The number of anilines is 1. The van der Waals surface area contributed by atoms with Gasteiger partial charge >= 0.3 is 11.9 Å². The molecule has 0 aliphatic carbocycles. The van der Waals surface area contributed by atoms with Crippen LogP contribution in [0.15, 0.2) is 10.5 Å². The van der Waals surface area contributed by atoms with Crippen LogP contribution in [0.25, 0.3) is 0 Å². The minimum atomic E-state index is -1.48. The third kappa shape index (κ3) is 3.89. The number of thioether (sulfide) groups is 1. The van der Waals surface area contributed by atoms with Crippen molar-refractivity contribution in [3.05, 3.63) is 11.1 Å². The summed E-state index contributed by atoms with van der Waals surface area (Å²) < 4.78 is 0. The van der Waals surface area contributed by atoms with Gasteiger partial charge < -0.3 is 31.0 Å². The number of carbonyl (C=O) groups is 4. The van der Waals surface area contributed by atoms with Crippen LogP contribution < -0.4 is 11.1 Å². The molecule has 0 bridgehead atoms. The fourth-order valence-corrected chi connectivity index (χ4v) is 4.85. The van der Waals surface area contributed by atoms with Gasteiger partial charge in [0.15, 0.2) is 16.3 Å². The fraction of sp³-hybridized carbons (Fsp3) is 0.375. The summed E-state index contributed by atoms with van der Waals surface area (Å²) >= 11 is 2.18. The quantitative estimate of drug-likeness (QED) is 0.166. The zero-order valence-corrected chi connectivity index (χ0v) is 16.7. The Labute approximate surface area is 177 Å². The Kier molecular flexibility index (Phi) is 5.85. The predicted molar refractivity (Wildman–Crippen MR) is 105 cm³/mol. The Bertz CT molecular complexity index is 987. The lowest BCUT2D eigenvalue weighted by Crippen LogP contribution is -2.73. The van der Waals surface area contributed by atoms with Gasteiger partial charge in [-0.2, -0.15) is 0 Å². The molecule has 12 nitrogen and oxygen atoms in total. The summed E-state index contributed by atoms with van der Waals surface area (Å²) in [5, 5.41) is 25.2. The van der Waals surface area contributed by atoms with Gasteiger partial charge in [0.05, 0.1) is 0 Å². The van der Waals surface area contributed by atoms with Crippen LogP contribution in [0, 0.1) is 17.8 Å². The van der Waals surface area contributed by atoms with Crippen molar-refractivity contribution in [2.45, 2.75) is 11.4 Å². The van der Waals surface area contributed by atoms with Crippen LogP contribution in [0.1, 0.15) is 5.69 Å². The molecule has 1 aromatic heterocycles. The maximum absolute atomic E-state index is 12.7. The number of carboxylic acids is 2. The Hall–Kier alpha value is -3.31. The molecule has 0 aromatic carbocycles. The number of fused-ring (bicyclic) bond motifs is 1. The zero-order valence-electron chi connectivity index (χ0n) is 15.1. The molecule has 3 rings (SSSR count). The average molecular weight is 453 g/mol. The smallest absolute Gasteiger partial charge is 0.344 e. The van der Waals surface area contributed by atoms with E-state index in [2.05, 4.69) is 26.2 Å². The van der Waals surface area contributed by atoms with E-state index in [9.17, 15) is 24.3 Å². The summed E-state index contributed by atoms with van der Waals surface area (Å²) in [5.41, 5.74) is 3.78. The van der Waals surface area contributed by atoms with Crippen molar-refractivity contribution >= 4 is 57.7 Å². The van der Waals surface area contributed by atoms with Crippen LogP contribution in [0.3, 0.4) is 0 Å². The number of hydrogen-bond donors (Lipinski definition) is 4. The van der Waals surface area contributed by atoms with Crippen molar-refractivity contribution in [2.24, 2.45) is 10.6 Å². The molecule has 1 aromatic rings. The van der Waals surface area contributed by atoms with Gasteiger partial charge in [-0.1, -0.05) is 11.1 Å². The third-order valence-electron chi connectivity index (χ3n) is 4.38. The van der Waals surface area contributed by atoms with Gasteiger partial charge in [-0.25, -0.2) is 9.78 Å². The minimum absolute atomic E-state index is 0.0533. The maximum atomic E-state index is 12.7. The summed E-state index contributed by atoms with van der Waals surface area (Å²) in [4.78, 5) is 57.1. The Morgan fingerprint density at radius 2 is 2.23 bits per heavy atom. The number of carbonyl (C=O) groups excluding carboxylic acids is 2. The van der Waals surface area contributed by atoms with E-state index in [0.717, 1.165) is 23.1 Å². The number of aliphatic carboxylic acids is 2. The van der Waals surface area contributed by atoms with E-state index in [4.69, 9.17) is 17.3 Å². The second-order valence-corrected chi connectivity index (χ2v) is 8.32. The van der Waals surface area contributed by atoms with Crippen molar-refractivity contribution < 1.29 is 34.2 Å². The molecule has 2 unspecified atom stereocenters. The van der Waals surface area contributed by atoms with Crippen molar-refractivity contribution in [3.63, 3.8) is 0 Å². The molecule has 0 radical (unpaired) electrons. The molecule has 0 spiro atoms. The van der Waals surface area contributed by atoms with Gasteiger partial charge in [0.1, 0.15) is 17.1 Å². The molecule has 158 valence electrons. The highest BCUT2D eigenvalue weighted by molar-refractivity contribution is 8.00. The van der Waals surface area contributed by atoms with Crippen LogP contribution in [0.5, 0.6) is 0 Å². The second-order valence-electron chi connectivity index (χ2n) is 6.33. The van der Waals surface area contributed by atoms with Gasteiger partial charge in [-0.15, -0.1) is 29.5 Å². The molecule has 2 aliphatic rings. The van der Waals surface area contributed by atoms with Gasteiger partial charge in [0.25, 0.3) is 5.91 Å². The number of rotatable bonds is 7. The standard InChI is InChI=1S/C16H15N5O7S2/c1-2-16(14(26)27)5-21-12(25)10(13(21)30-6-16)19-11(24)9(20-28-3-8(22)23)7-4-29-15(17)18-7/h1,4,10,13H,3,5-6H2,(H2,17,18)(H,19,24)(H,22,23)(H,26,27)/t10?,13-,16?/m1/s1. The number of nitrogens with two attached hydrogens (primary N) is 1. The molecule has 5 N–H and O–H groups in total. The lowest BCUT2D eigenvalue weighted by Gasteiger charge is -2.52. The van der Waals surface area contributed by atoms with Crippen molar-refractivity contribution in [1.29, 1.82) is 0 Å². The number of β-lactam (4-membered cyclic amide) rings is 1. The molecular formula is C16H15N5O7S2. The van der Waals surface area contributed by atoms with Crippen molar-refractivity contribution in [1.82, 2.24) is 15.2 Å². The number of aromatic nitrogens is 1. The van der Waals surface area contributed by atoms with Crippen LogP contribution in [-0.2, 0) is 24.0 Å². The van der Waals surface area contributed by atoms with Gasteiger partial charge in [0, 0.05) is 17.7 Å². The maximum Gasteiger partial charge on any atom is 0.344 e. The van der Waals surface area contributed by atoms with Gasteiger partial charge in [-0.3, -0.25) is 14.4 Å². The fourth-order valence-electron chi connectivity index (χ4n) is 2.82. The molecule has 3 heterocycles. The highest BCUT2D eigenvalue weighted by atomic mass is 32.2. The van der Waals surface area contributed by atoms with E-state index in [1.165, 1.54) is 10.3 Å². The molecule has 2 saturated heterocycles. The number of terminal acetylenes is 1. The number of carboxylic acid groups (broad SMARTS) is 2. The van der Waals surface area contributed by atoms with Crippen LogP contribution in [0.4, 0.5) is 5.13 Å². The van der Waals surface area contributed by atoms with E-state index in [1.807, 2.05) is 0 Å². The number of thiazole rings is 1. The van der Waals surface area contributed by atoms with Crippen molar-refractivity contribution in [3.8, 4) is 12.3 Å². The van der Waals surface area contributed by atoms with Gasteiger partial charge in [-0.05, 0) is 0 Å². The summed E-state index contributed by atoms with van der Waals surface area (Å²) in [6, 6.07) is -0.937. The largest absolute Gasteiger partial charge is 0.480 e. The number of amides is 2. The molecule has 0 saturated carbocycles. The predicted octanol–water partition coefficient (Wildman–Crippen LogP) is -1.37. The Morgan fingerprint density at radius 3 is 2.80 bits per heavy atom. The molecule has 14 heteroatoms. The first-order chi connectivity index (χ1) is 14.2. The summed E-state index contributed by atoms with van der Waals surface area (Å²) in [7, 11) is 0. The SMILES string of the molecule is C#CC1(C(=O)O)CS[C@@H]2C(NC(=O)C(=NOCC(=O)O)c3csc(N)n3)C(=O)N2C1. The topological polar surface area (TPSA) is 185 Å². The number of nitrogens with one attached hydrogen (secondary N) is 1. The van der Waals surface area contributed by atoms with Crippen molar-refractivity contribution in [2.75, 3.05) is 24.6 Å². The molecule has 3 atom stereocenters. The highest BCUT2D eigenvalue weighted by Crippen LogP contribution is 2.41. The van der Waals surface area contributed by atoms with E-state index in [-0.39, 0.29) is 28.8 Å². The Balaban J connectivity index is 1.73. The first-order valence-electron chi connectivity index (χ1n) is 8.26. The van der Waals surface area contributed by atoms with Gasteiger partial charge in [0.2, 0.25) is 12.5 Å².